The number of carbonyl (C=O) groups is 1. The van der Waals surface area contributed by atoms with Crippen LogP contribution in [0.5, 0.6) is 0 Å². The molecule has 1 saturated carbocycles. The van der Waals surface area contributed by atoms with Gasteiger partial charge in [-0.3, -0.25) is 5.32 Å². The Balaban J connectivity index is 2.17. The van der Waals surface area contributed by atoms with Gasteiger partial charge in [0, 0.05) is 18.5 Å². The number of alkyl halides is 2. The van der Waals surface area contributed by atoms with E-state index in [1.54, 1.807) is 45.0 Å². The quantitative estimate of drug-likeness (QED) is 0.876. The lowest BCUT2D eigenvalue weighted by Crippen LogP contribution is -2.55. The van der Waals surface area contributed by atoms with Crippen molar-refractivity contribution in [1.82, 2.24) is 0 Å². The number of ether oxygens (including phenoxy) is 1. The van der Waals surface area contributed by atoms with Crippen LogP contribution < -0.4 is 11.1 Å². The summed E-state index contributed by atoms with van der Waals surface area (Å²) >= 11 is 0. The predicted molar refractivity (Wildman–Crippen MR) is 76.3 cm³/mol. The first-order chi connectivity index (χ1) is 9.51. The Kier molecular flexibility index (Phi) is 3.70. The first-order valence-electron chi connectivity index (χ1n) is 6.77. The van der Waals surface area contributed by atoms with E-state index in [1.807, 2.05) is 0 Å². The molecule has 0 aromatic heterocycles. The van der Waals surface area contributed by atoms with Crippen molar-refractivity contribution < 1.29 is 18.3 Å². The fourth-order valence-electron chi connectivity index (χ4n) is 2.50. The molecule has 0 saturated heterocycles. The van der Waals surface area contributed by atoms with Crippen LogP contribution in [0.4, 0.5) is 19.3 Å². The summed E-state index contributed by atoms with van der Waals surface area (Å²) in [7, 11) is 0. The molecule has 116 valence electrons. The molecule has 0 aliphatic heterocycles. The van der Waals surface area contributed by atoms with E-state index in [4.69, 9.17) is 10.5 Å². The Bertz CT molecular complexity index is 545. The van der Waals surface area contributed by atoms with Crippen molar-refractivity contribution >= 4 is 11.8 Å². The van der Waals surface area contributed by atoms with Crippen molar-refractivity contribution in [3.8, 4) is 0 Å². The Labute approximate surface area is 122 Å². The summed E-state index contributed by atoms with van der Waals surface area (Å²) in [4.78, 5) is 11.8. The molecule has 1 aliphatic carbocycles. The molecular weight excluding hydrogens is 278 g/mol. The number of carbonyl (C=O) groups excluding carboxylic acids is 1. The first kappa shape index (κ1) is 15.7. The summed E-state index contributed by atoms with van der Waals surface area (Å²) in [6.45, 7) is 5.24. The van der Waals surface area contributed by atoms with Crippen molar-refractivity contribution in [1.29, 1.82) is 0 Å². The van der Waals surface area contributed by atoms with E-state index in [2.05, 4.69) is 5.32 Å². The van der Waals surface area contributed by atoms with Gasteiger partial charge in [-0.15, -0.1) is 0 Å². The number of hydrogen-bond acceptors (Lipinski definition) is 3. The monoisotopic (exact) mass is 298 g/mol. The molecule has 1 aromatic carbocycles. The van der Waals surface area contributed by atoms with Crippen LogP contribution in [-0.4, -0.2) is 17.6 Å². The van der Waals surface area contributed by atoms with Crippen molar-refractivity contribution in [2.45, 2.75) is 50.7 Å². The second kappa shape index (κ2) is 4.94. The molecule has 1 amide bonds. The zero-order valence-corrected chi connectivity index (χ0v) is 12.4. The van der Waals surface area contributed by atoms with Gasteiger partial charge in [0.2, 0.25) is 0 Å². The number of nitrogens with one attached hydrogen (secondary N) is 1. The molecule has 0 bridgehead atoms. The van der Waals surface area contributed by atoms with Gasteiger partial charge in [0.15, 0.2) is 0 Å². The fraction of sp³-hybridized carbons (Fsp3) is 0.533. The van der Waals surface area contributed by atoms with E-state index < -0.39 is 36.0 Å². The SMILES string of the molecule is CC(C)(C)OC(=O)Nc1ccccc1C1(N)CC(F)(F)C1. The zero-order valence-electron chi connectivity index (χ0n) is 12.4. The molecule has 0 spiro atoms. The van der Waals surface area contributed by atoms with Crippen LogP contribution in [0.25, 0.3) is 0 Å². The van der Waals surface area contributed by atoms with Crippen LogP contribution in [0, 0.1) is 0 Å². The average Bonchev–Trinajstić information content (AvgIpc) is 2.23. The molecular formula is C15H20F2N2O2. The molecule has 1 fully saturated rings. The average molecular weight is 298 g/mol. The Hall–Kier alpha value is -1.69. The largest absolute Gasteiger partial charge is 0.444 e. The van der Waals surface area contributed by atoms with Gasteiger partial charge in [-0.25, -0.2) is 13.6 Å². The maximum Gasteiger partial charge on any atom is 0.412 e. The van der Waals surface area contributed by atoms with E-state index in [0.717, 1.165) is 0 Å². The van der Waals surface area contributed by atoms with E-state index in [0.29, 0.717) is 11.3 Å². The molecule has 3 N–H and O–H groups in total. The molecule has 2 rings (SSSR count). The lowest BCUT2D eigenvalue weighted by Gasteiger charge is -2.45. The van der Waals surface area contributed by atoms with Crippen LogP contribution in [0.2, 0.25) is 0 Å². The summed E-state index contributed by atoms with van der Waals surface area (Å²) in [5, 5.41) is 2.58. The Morgan fingerprint density at radius 2 is 1.86 bits per heavy atom. The van der Waals surface area contributed by atoms with Gasteiger partial charge in [-0.05, 0) is 32.4 Å². The van der Waals surface area contributed by atoms with Crippen molar-refractivity contribution in [3.63, 3.8) is 0 Å². The number of hydrogen-bond donors (Lipinski definition) is 2. The van der Waals surface area contributed by atoms with Gasteiger partial charge in [0.25, 0.3) is 5.92 Å². The second-order valence-electron chi connectivity index (χ2n) is 6.54. The number of rotatable bonds is 2. The van der Waals surface area contributed by atoms with Crippen molar-refractivity contribution in [2.75, 3.05) is 5.32 Å². The minimum atomic E-state index is -2.74. The molecule has 0 heterocycles. The van der Waals surface area contributed by atoms with Gasteiger partial charge in [-0.2, -0.15) is 0 Å². The molecule has 21 heavy (non-hydrogen) atoms. The maximum atomic E-state index is 13.1. The van der Waals surface area contributed by atoms with E-state index in [1.165, 1.54) is 0 Å². The molecule has 1 aliphatic rings. The standard InChI is InChI=1S/C15H20F2N2O2/c1-13(2,3)21-12(20)19-11-7-5-4-6-10(11)14(18)8-15(16,17)9-14/h4-7H,8-9,18H2,1-3H3,(H,19,20). The number of amides is 1. The van der Waals surface area contributed by atoms with Crippen LogP contribution in [0.15, 0.2) is 24.3 Å². The molecule has 6 heteroatoms. The van der Waals surface area contributed by atoms with E-state index in [9.17, 15) is 13.6 Å². The Morgan fingerprint density at radius 1 is 1.29 bits per heavy atom. The molecule has 0 unspecified atom stereocenters. The smallest absolute Gasteiger partial charge is 0.412 e. The van der Waals surface area contributed by atoms with Crippen LogP contribution in [-0.2, 0) is 10.3 Å². The van der Waals surface area contributed by atoms with Crippen LogP contribution in [0.1, 0.15) is 39.2 Å². The minimum Gasteiger partial charge on any atom is -0.444 e. The highest BCUT2D eigenvalue weighted by Gasteiger charge is 2.55. The third-order valence-electron chi connectivity index (χ3n) is 3.25. The highest BCUT2D eigenvalue weighted by Crippen LogP contribution is 2.51. The highest BCUT2D eigenvalue weighted by atomic mass is 19.3. The molecule has 1 aromatic rings. The summed E-state index contributed by atoms with van der Waals surface area (Å²) in [5.41, 5.74) is 5.19. The van der Waals surface area contributed by atoms with Crippen LogP contribution >= 0.6 is 0 Å². The van der Waals surface area contributed by atoms with E-state index >= 15 is 0 Å². The summed E-state index contributed by atoms with van der Waals surface area (Å²) in [5.74, 6) is -2.74. The van der Waals surface area contributed by atoms with Gasteiger partial charge < -0.3 is 10.5 Å². The third-order valence-corrected chi connectivity index (χ3v) is 3.25. The zero-order chi connectivity index (χ0) is 15.9. The predicted octanol–water partition coefficient (Wildman–Crippen LogP) is 3.62. The summed E-state index contributed by atoms with van der Waals surface area (Å²) in [6, 6.07) is 6.70. The normalized spacial score (nSPS) is 19.5. The summed E-state index contributed by atoms with van der Waals surface area (Å²) in [6.07, 6.45) is -1.48. The number of halogens is 2. The maximum absolute atomic E-state index is 13.1. The lowest BCUT2D eigenvalue weighted by molar-refractivity contribution is -0.124. The number of benzene rings is 1. The lowest BCUT2D eigenvalue weighted by atomic mass is 9.69. The van der Waals surface area contributed by atoms with Gasteiger partial charge >= 0.3 is 6.09 Å². The number of anilines is 1. The Morgan fingerprint density at radius 3 is 2.38 bits per heavy atom. The van der Waals surface area contributed by atoms with Crippen LogP contribution in [0.3, 0.4) is 0 Å². The van der Waals surface area contributed by atoms with E-state index in [-0.39, 0.29) is 0 Å². The van der Waals surface area contributed by atoms with Crippen molar-refractivity contribution in [3.05, 3.63) is 29.8 Å². The fourth-order valence-corrected chi connectivity index (χ4v) is 2.50. The highest BCUT2D eigenvalue weighted by molar-refractivity contribution is 5.86. The summed E-state index contributed by atoms with van der Waals surface area (Å²) < 4.78 is 31.5. The number of para-hydroxylation sites is 1. The van der Waals surface area contributed by atoms with Gasteiger partial charge in [0.1, 0.15) is 5.60 Å². The molecule has 4 nitrogen and oxygen atoms in total. The van der Waals surface area contributed by atoms with Crippen molar-refractivity contribution in [2.24, 2.45) is 5.73 Å². The second-order valence-corrected chi connectivity index (χ2v) is 6.54. The molecule has 0 radical (unpaired) electrons. The minimum absolute atomic E-state index is 0.407. The topological polar surface area (TPSA) is 64.3 Å². The molecule has 0 atom stereocenters. The number of nitrogens with two attached hydrogens (primary N) is 1. The third kappa shape index (κ3) is 3.69. The first-order valence-corrected chi connectivity index (χ1v) is 6.77. The van der Waals surface area contributed by atoms with Gasteiger partial charge in [0.05, 0.1) is 5.54 Å². The van der Waals surface area contributed by atoms with Gasteiger partial charge in [-0.1, -0.05) is 18.2 Å².